The number of hydrogen-bond donors (Lipinski definition) is 1. The molecule has 1 saturated heterocycles. The van der Waals surface area contributed by atoms with Crippen LogP contribution in [0.25, 0.3) is 0 Å². The van der Waals surface area contributed by atoms with Crippen molar-refractivity contribution in [1.29, 1.82) is 0 Å². The molecule has 1 saturated carbocycles. The van der Waals surface area contributed by atoms with Crippen molar-refractivity contribution in [2.75, 3.05) is 19.7 Å². The number of carbonyl (C=O) groups is 2. The van der Waals surface area contributed by atoms with Crippen LogP contribution in [0.3, 0.4) is 0 Å². The number of nitrogens with zero attached hydrogens (tertiary/aromatic N) is 2. The molecule has 7 heteroatoms. The molecule has 1 atom stereocenters. The predicted octanol–water partition coefficient (Wildman–Crippen LogP) is 1.44. The maximum absolute atomic E-state index is 12.6. The summed E-state index contributed by atoms with van der Waals surface area (Å²) in [6.07, 6.45) is 5.84. The van der Waals surface area contributed by atoms with Gasteiger partial charge in [-0.3, -0.25) is 9.59 Å². The Bertz CT molecular complexity index is 594. The van der Waals surface area contributed by atoms with E-state index in [-0.39, 0.29) is 24.8 Å². The van der Waals surface area contributed by atoms with E-state index >= 15 is 0 Å². The van der Waals surface area contributed by atoms with E-state index in [0.717, 1.165) is 18.5 Å². The molecule has 2 aliphatic rings. The Balaban J connectivity index is 1.70. The molecule has 2 N–H and O–H groups in total. The highest BCUT2D eigenvalue weighted by Crippen LogP contribution is 2.32. The first-order valence-corrected chi connectivity index (χ1v) is 8.19. The fraction of sp³-hybridized carbons (Fsp3) is 0.688. The third-order valence-corrected chi connectivity index (χ3v) is 4.85. The summed E-state index contributed by atoms with van der Waals surface area (Å²) in [5.41, 5.74) is 5.07. The van der Waals surface area contributed by atoms with Crippen molar-refractivity contribution >= 4 is 11.8 Å². The number of hydrogen-bond acceptors (Lipinski definition) is 5. The standard InChI is InChI=1S/C16H23N3O4/c1-16(15(17)21)10-19(7-8-22-16)14(20)13-9-12(18-23-13)11-5-3-2-4-6-11/h9,11H,2-8,10H2,1H3,(H2,17,21)/t16-/m0/s1. The van der Waals surface area contributed by atoms with E-state index < -0.39 is 11.5 Å². The summed E-state index contributed by atoms with van der Waals surface area (Å²) in [4.78, 5) is 25.6. The smallest absolute Gasteiger partial charge is 0.292 e. The maximum atomic E-state index is 12.6. The first-order valence-electron chi connectivity index (χ1n) is 8.19. The number of ether oxygens (including phenoxy) is 1. The zero-order valence-corrected chi connectivity index (χ0v) is 13.4. The molecule has 1 aromatic rings. The van der Waals surface area contributed by atoms with Gasteiger partial charge < -0.3 is 19.9 Å². The fourth-order valence-electron chi connectivity index (χ4n) is 3.33. The van der Waals surface area contributed by atoms with E-state index in [1.807, 2.05) is 0 Å². The Morgan fingerprint density at radius 3 is 2.78 bits per heavy atom. The first-order chi connectivity index (χ1) is 11.0. The summed E-state index contributed by atoms with van der Waals surface area (Å²) in [6, 6.07) is 1.75. The lowest BCUT2D eigenvalue weighted by Crippen LogP contribution is -2.58. The van der Waals surface area contributed by atoms with Crippen molar-refractivity contribution in [3.63, 3.8) is 0 Å². The van der Waals surface area contributed by atoms with Gasteiger partial charge in [0.25, 0.3) is 11.8 Å². The molecule has 2 fully saturated rings. The van der Waals surface area contributed by atoms with Gasteiger partial charge in [0, 0.05) is 18.5 Å². The monoisotopic (exact) mass is 321 g/mol. The highest BCUT2D eigenvalue weighted by molar-refractivity contribution is 5.92. The molecule has 2 amide bonds. The fourth-order valence-corrected chi connectivity index (χ4v) is 3.33. The summed E-state index contributed by atoms with van der Waals surface area (Å²) in [5.74, 6) is -0.236. The Labute approximate surface area is 135 Å². The molecular formula is C16H23N3O4. The highest BCUT2D eigenvalue weighted by Gasteiger charge is 2.40. The lowest BCUT2D eigenvalue weighted by atomic mass is 9.87. The Kier molecular flexibility index (Phi) is 4.39. The van der Waals surface area contributed by atoms with Crippen LogP contribution < -0.4 is 5.73 Å². The molecule has 1 aliphatic carbocycles. The molecule has 7 nitrogen and oxygen atoms in total. The van der Waals surface area contributed by atoms with E-state index in [4.69, 9.17) is 15.0 Å². The minimum absolute atomic E-state index is 0.126. The largest absolute Gasteiger partial charge is 0.367 e. The van der Waals surface area contributed by atoms with Crippen LogP contribution in [0.4, 0.5) is 0 Å². The summed E-state index contributed by atoms with van der Waals surface area (Å²) < 4.78 is 10.7. The quantitative estimate of drug-likeness (QED) is 0.908. The molecule has 1 aromatic heterocycles. The van der Waals surface area contributed by atoms with Crippen molar-refractivity contribution in [1.82, 2.24) is 10.1 Å². The van der Waals surface area contributed by atoms with Gasteiger partial charge in [0.1, 0.15) is 0 Å². The van der Waals surface area contributed by atoms with Crippen molar-refractivity contribution in [2.24, 2.45) is 5.73 Å². The average molecular weight is 321 g/mol. The van der Waals surface area contributed by atoms with Gasteiger partial charge in [0.05, 0.1) is 18.8 Å². The third-order valence-electron chi connectivity index (χ3n) is 4.85. The molecule has 0 bridgehead atoms. The normalized spacial score (nSPS) is 26.2. The van der Waals surface area contributed by atoms with Gasteiger partial charge in [-0.1, -0.05) is 24.4 Å². The molecule has 0 spiro atoms. The summed E-state index contributed by atoms with van der Waals surface area (Å²) in [7, 11) is 0. The number of aromatic nitrogens is 1. The minimum Gasteiger partial charge on any atom is -0.367 e. The maximum Gasteiger partial charge on any atom is 0.292 e. The molecule has 1 aliphatic heterocycles. The van der Waals surface area contributed by atoms with Gasteiger partial charge in [0.15, 0.2) is 5.60 Å². The average Bonchev–Trinajstić information content (AvgIpc) is 3.05. The lowest BCUT2D eigenvalue weighted by Gasteiger charge is -2.37. The Hall–Kier alpha value is -1.89. The Morgan fingerprint density at radius 2 is 2.09 bits per heavy atom. The zero-order valence-electron chi connectivity index (χ0n) is 13.4. The number of rotatable bonds is 3. The summed E-state index contributed by atoms with van der Waals surface area (Å²) >= 11 is 0. The zero-order chi connectivity index (χ0) is 16.4. The van der Waals surface area contributed by atoms with Crippen molar-refractivity contribution in [2.45, 2.75) is 50.5 Å². The van der Waals surface area contributed by atoms with Crippen LogP contribution in [0.15, 0.2) is 10.6 Å². The predicted molar refractivity (Wildman–Crippen MR) is 81.8 cm³/mol. The number of carbonyl (C=O) groups excluding carboxylic acids is 2. The van der Waals surface area contributed by atoms with Crippen LogP contribution in [0.2, 0.25) is 0 Å². The van der Waals surface area contributed by atoms with Crippen molar-refractivity contribution < 1.29 is 18.8 Å². The van der Waals surface area contributed by atoms with Gasteiger partial charge in [-0.2, -0.15) is 0 Å². The molecule has 23 heavy (non-hydrogen) atoms. The van der Waals surface area contributed by atoms with Crippen LogP contribution in [0.1, 0.15) is 61.2 Å². The van der Waals surface area contributed by atoms with Crippen molar-refractivity contribution in [3.05, 3.63) is 17.5 Å². The van der Waals surface area contributed by atoms with E-state index in [1.165, 1.54) is 19.3 Å². The summed E-state index contributed by atoms with van der Waals surface area (Å²) in [5, 5.41) is 4.08. The van der Waals surface area contributed by atoms with E-state index in [1.54, 1.807) is 17.9 Å². The lowest BCUT2D eigenvalue weighted by molar-refractivity contribution is -0.150. The minimum atomic E-state index is -1.15. The van der Waals surface area contributed by atoms with Crippen molar-refractivity contribution in [3.8, 4) is 0 Å². The van der Waals surface area contributed by atoms with E-state index in [2.05, 4.69) is 5.16 Å². The topological polar surface area (TPSA) is 98.7 Å². The number of amides is 2. The second-order valence-corrected chi connectivity index (χ2v) is 6.62. The molecule has 0 unspecified atom stereocenters. The highest BCUT2D eigenvalue weighted by atomic mass is 16.5. The van der Waals surface area contributed by atoms with Gasteiger partial charge >= 0.3 is 0 Å². The van der Waals surface area contributed by atoms with Gasteiger partial charge in [-0.15, -0.1) is 0 Å². The number of morpholine rings is 1. The van der Waals surface area contributed by atoms with E-state index in [0.29, 0.717) is 12.5 Å². The van der Waals surface area contributed by atoms with Gasteiger partial charge in [-0.25, -0.2) is 0 Å². The SMILES string of the molecule is C[C@@]1(C(N)=O)CN(C(=O)c2cc(C3CCCCC3)no2)CCO1. The molecule has 0 aromatic carbocycles. The molecule has 0 radical (unpaired) electrons. The molecule has 3 rings (SSSR count). The van der Waals surface area contributed by atoms with Crippen LogP contribution in [0, 0.1) is 0 Å². The van der Waals surface area contributed by atoms with Crippen LogP contribution in [-0.2, 0) is 9.53 Å². The van der Waals surface area contributed by atoms with Crippen LogP contribution >= 0.6 is 0 Å². The van der Waals surface area contributed by atoms with Crippen LogP contribution in [0.5, 0.6) is 0 Å². The Morgan fingerprint density at radius 1 is 1.35 bits per heavy atom. The third kappa shape index (κ3) is 3.24. The van der Waals surface area contributed by atoms with Gasteiger partial charge in [0.2, 0.25) is 5.76 Å². The molecular weight excluding hydrogens is 298 g/mol. The number of primary amides is 1. The van der Waals surface area contributed by atoms with Gasteiger partial charge in [-0.05, 0) is 19.8 Å². The van der Waals surface area contributed by atoms with E-state index in [9.17, 15) is 9.59 Å². The first kappa shape index (κ1) is 16.0. The summed E-state index contributed by atoms with van der Waals surface area (Å²) in [6.45, 7) is 2.40. The number of nitrogens with two attached hydrogens (primary N) is 1. The second kappa shape index (κ2) is 6.31. The second-order valence-electron chi connectivity index (χ2n) is 6.62. The molecule has 126 valence electrons. The molecule has 2 heterocycles. The van der Waals surface area contributed by atoms with Crippen LogP contribution in [-0.4, -0.2) is 47.2 Å².